The van der Waals surface area contributed by atoms with E-state index in [1.54, 1.807) is 11.3 Å². The molecule has 7 aromatic carbocycles. The summed E-state index contributed by atoms with van der Waals surface area (Å²) in [6.07, 6.45) is 8.27. The molecule has 2 nitrogen and oxygen atoms in total. The fourth-order valence-electron chi connectivity index (χ4n) is 11.6. The van der Waals surface area contributed by atoms with Crippen LogP contribution in [0.3, 0.4) is 0 Å². The van der Waals surface area contributed by atoms with Crippen molar-refractivity contribution < 1.29 is 0 Å². The maximum absolute atomic E-state index is 5.62. The van der Waals surface area contributed by atoms with Crippen LogP contribution in [0.2, 0.25) is 0 Å². The lowest BCUT2D eigenvalue weighted by atomic mass is 9.57. The van der Waals surface area contributed by atoms with Gasteiger partial charge in [0.05, 0.1) is 15.9 Å². The van der Waals surface area contributed by atoms with Gasteiger partial charge in [-0.3, -0.25) is 0 Å². The van der Waals surface area contributed by atoms with Crippen LogP contribution in [0.5, 0.6) is 0 Å². The summed E-state index contributed by atoms with van der Waals surface area (Å²) in [5.74, 6) is 1.81. The van der Waals surface area contributed by atoms with E-state index in [2.05, 4.69) is 184 Å². The Labute approximate surface area is 370 Å². The van der Waals surface area contributed by atoms with Gasteiger partial charge in [0, 0.05) is 36.4 Å². The van der Waals surface area contributed by atoms with Gasteiger partial charge < -0.3 is 0 Å². The van der Waals surface area contributed by atoms with Gasteiger partial charge >= 0.3 is 0 Å². The van der Waals surface area contributed by atoms with E-state index in [0.717, 1.165) is 39.3 Å². The lowest BCUT2D eigenvalue weighted by Crippen LogP contribution is -2.40. The van der Waals surface area contributed by atoms with E-state index in [1.165, 1.54) is 93.9 Å². The lowest BCUT2D eigenvalue weighted by Gasteiger charge is -2.46. The van der Waals surface area contributed by atoms with Crippen LogP contribution in [0.25, 0.3) is 87.5 Å². The Balaban J connectivity index is 1.08. The first-order valence-corrected chi connectivity index (χ1v) is 25.3. The number of thiophene rings is 1. The minimum Gasteiger partial charge on any atom is -0.226 e. The Kier molecular flexibility index (Phi) is 8.49. The van der Waals surface area contributed by atoms with E-state index in [0.29, 0.717) is 11.8 Å². The Hall–Kier alpha value is -6.07. The molecule has 0 N–H and O–H groups in total. The number of nitrogens with zero attached hydrogens (tertiary/aromatic N) is 2. The average Bonchev–Trinajstić information content (AvgIpc) is 3.92. The normalized spacial score (nSPS) is 20.0. The van der Waals surface area contributed by atoms with Crippen molar-refractivity contribution in [2.24, 2.45) is 11.8 Å². The molecule has 1 saturated carbocycles. The van der Waals surface area contributed by atoms with Crippen molar-refractivity contribution in [1.29, 1.82) is 0 Å². The second-order valence-electron chi connectivity index (χ2n) is 18.2. The molecule has 12 rings (SSSR count). The van der Waals surface area contributed by atoms with Crippen LogP contribution in [0.4, 0.5) is 0 Å². The molecule has 0 saturated heterocycles. The summed E-state index contributed by atoms with van der Waals surface area (Å²) in [7, 11) is -1.07. The van der Waals surface area contributed by atoms with E-state index >= 15 is 0 Å². The highest BCUT2D eigenvalue weighted by molar-refractivity contribution is 8.33. The zero-order valence-electron chi connectivity index (χ0n) is 35.7. The van der Waals surface area contributed by atoms with E-state index < -0.39 is 10.0 Å². The molecule has 2 aliphatic carbocycles. The Bertz CT molecular complexity index is 3300. The van der Waals surface area contributed by atoms with Gasteiger partial charge in [0.15, 0.2) is 5.82 Å². The van der Waals surface area contributed by atoms with E-state index in [1.807, 2.05) is 0 Å². The molecular weight excluding hydrogens is 789 g/mol. The molecular formula is C58H48N2S2. The lowest BCUT2D eigenvalue weighted by molar-refractivity contribution is 0.248. The molecule has 3 aliphatic rings. The van der Waals surface area contributed by atoms with Gasteiger partial charge in [-0.2, -0.15) is 10.0 Å². The van der Waals surface area contributed by atoms with Crippen LogP contribution in [0, 0.1) is 11.8 Å². The quantitative estimate of drug-likeness (QED) is 0.161. The first-order chi connectivity index (χ1) is 30.2. The summed E-state index contributed by atoms with van der Waals surface area (Å²) in [6, 6.07) is 58.7. The molecule has 4 heteroatoms. The van der Waals surface area contributed by atoms with Crippen LogP contribution >= 0.6 is 21.4 Å². The maximum Gasteiger partial charge on any atom is 0.161 e. The summed E-state index contributed by atoms with van der Waals surface area (Å²) < 4.78 is 2.35. The number of benzene rings is 7. The van der Waals surface area contributed by atoms with Gasteiger partial charge in [-0.15, -0.1) is 11.3 Å². The third-order valence-electron chi connectivity index (χ3n) is 14.6. The smallest absolute Gasteiger partial charge is 0.161 e. The molecule has 302 valence electrons. The molecule has 1 aliphatic heterocycles. The fourth-order valence-corrected chi connectivity index (χ4v) is 15.3. The molecule has 0 radical (unpaired) electrons. The van der Waals surface area contributed by atoms with Gasteiger partial charge in [0.2, 0.25) is 0 Å². The molecule has 1 fully saturated rings. The van der Waals surface area contributed by atoms with E-state index in [9.17, 15) is 0 Å². The number of rotatable bonds is 5. The molecule has 3 heterocycles. The highest BCUT2D eigenvalue weighted by Crippen LogP contribution is 2.68. The van der Waals surface area contributed by atoms with Crippen LogP contribution in [0.15, 0.2) is 180 Å². The molecule has 0 amide bonds. The fraction of sp³-hybridized carbons (Fsp3) is 0.172. The van der Waals surface area contributed by atoms with Crippen molar-refractivity contribution in [1.82, 2.24) is 9.97 Å². The van der Waals surface area contributed by atoms with Gasteiger partial charge in [-0.25, -0.2) is 9.97 Å². The first-order valence-electron chi connectivity index (χ1n) is 22.0. The molecule has 1 spiro atoms. The van der Waals surface area contributed by atoms with Crippen molar-refractivity contribution >= 4 is 41.7 Å². The predicted molar refractivity (Wildman–Crippen MR) is 266 cm³/mol. The Morgan fingerprint density at radius 3 is 2.10 bits per heavy atom. The van der Waals surface area contributed by atoms with Crippen LogP contribution in [0.1, 0.15) is 44.2 Å². The molecule has 3 unspecified atom stereocenters. The average molecular weight is 837 g/mol. The first kappa shape index (κ1) is 37.7. The van der Waals surface area contributed by atoms with Crippen LogP contribution in [-0.2, 0) is 5.41 Å². The number of allylic oxidation sites excluding steroid dienone is 1. The van der Waals surface area contributed by atoms with Crippen LogP contribution < -0.4 is 0 Å². The standard InChI is InChI=1S/C58H48N2S2/c1-6-37-31-35(2)58(36(3)32-37)48-29-27-41(42-28-30-52-46(33-42)43-17-11-13-22-51(43)62(52,4)5)34-47(48)53-45(19-14-20-49(53)58)57-59-54(56-55(60-57)44-18-10-12-21-50(44)61-56)40-25-23-39(24-26-40)38-15-8-7-9-16-38/h7-30,33-34,36-37H,2,6,31-32H2,1,3-5H3. The Morgan fingerprint density at radius 2 is 1.29 bits per heavy atom. The topological polar surface area (TPSA) is 25.8 Å². The second-order valence-corrected chi connectivity index (χ2v) is 22.7. The summed E-state index contributed by atoms with van der Waals surface area (Å²) in [5, 5.41) is 1.17. The van der Waals surface area contributed by atoms with E-state index in [4.69, 9.17) is 16.5 Å². The van der Waals surface area contributed by atoms with Crippen molar-refractivity contribution in [2.45, 2.75) is 48.3 Å². The molecule has 0 bridgehead atoms. The monoisotopic (exact) mass is 836 g/mol. The zero-order valence-corrected chi connectivity index (χ0v) is 37.3. The van der Waals surface area contributed by atoms with Crippen molar-refractivity contribution in [3.05, 3.63) is 181 Å². The third kappa shape index (κ3) is 5.36. The van der Waals surface area contributed by atoms with Crippen molar-refractivity contribution in [3.8, 4) is 67.2 Å². The van der Waals surface area contributed by atoms with E-state index in [-0.39, 0.29) is 5.41 Å². The number of hydrogen-bond donors (Lipinski definition) is 0. The van der Waals surface area contributed by atoms with Crippen LogP contribution in [-0.4, -0.2) is 22.5 Å². The zero-order chi connectivity index (χ0) is 41.9. The minimum absolute atomic E-state index is 0.287. The second kappa shape index (κ2) is 14.0. The van der Waals surface area contributed by atoms with Gasteiger partial charge in [0.25, 0.3) is 0 Å². The minimum atomic E-state index is -1.07. The summed E-state index contributed by atoms with van der Waals surface area (Å²) >= 11 is 1.79. The van der Waals surface area contributed by atoms with Crippen molar-refractivity contribution in [3.63, 3.8) is 0 Å². The SMILES string of the molecule is C=C1CC(CC)CC(C)C12c1ccc(-c3ccc4c(c3)-c3ccccc3S4(C)C)cc1-c1c(-c3nc(-c4ccc(-c5ccccc5)cc4)c4sc5ccccc5c4n3)cccc12. The summed E-state index contributed by atoms with van der Waals surface area (Å²) in [5.41, 5.74) is 18.2. The Morgan fingerprint density at radius 1 is 0.629 bits per heavy atom. The largest absolute Gasteiger partial charge is 0.226 e. The van der Waals surface area contributed by atoms with Gasteiger partial charge in [-0.1, -0.05) is 160 Å². The number of hydrogen-bond acceptors (Lipinski definition) is 3. The highest BCUT2D eigenvalue weighted by atomic mass is 32.3. The molecule has 62 heavy (non-hydrogen) atoms. The number of aromatic nitrogens is 2. The molecule has 3 atom stereocenters. The third-order valence-corrected chi connectivity index (χ3v) is 18.7. The summed E-state index contributed by atoms with van der Waals surface area (Å²) in [4.78, 5) is 14.2. The maximum atomic E-state index is 5.62. The number of fused-ring (bicyclic) bond motifs is 11. The highest BCUT2D eigenvalue weighted by Gasteiger charge is 2.52. The molecule has 2 aromatic heterocycles. The van der Waals surface area contributed by atoms with Gasteiger partial charge in [0.1, 0.15) is 0 Å². The predicted octanol–water partition coefficient (Wildman–Crippen LogP) is 16.3. The molecule has 9 aromatic rings. The van der Waals surface area contributed by atoms with Gasteiger partial charge in [-0.05, 0) is 123 Å². The van der Waals surface area contributed by atoms with Crippen molar-refractivity contribution in [2.75, 3.05) is 12.5 Å². The summed E-state index contributed by atoms with van der Waals surface area (Å²) in [6.45, 7) is 9.80.